The summed E-state index contributed by atoms with van der Waals surface area (Å²) in [5.41, 5.74) is 2.05. The van der Waals surface area contributed by atoms with Gasteiger partial charge in [0.05, 0.1) is 8.07 Å². The molecule has 1 nitrogen and oxygen atoms in total. The van der Waals surface area contributed by atoms with Crippen LogP contribution in [0.3, 0.4) is 0 Å². The van der Waals surface area contributed by atoms with Crippen molar-refractivity contribution in [3.63, 3.8) is 0 Å². The summed E-state index contributed by atoms with van der Waals surface area (Å²) in [6.07, 6.45) is 8.17. The first kappa shape index (κ1) is 17.4. The molecule has 0 aliphatic heterocycles. The van der Waals surface area contributed by atoms with Crippen molar-refractivity contribution in [2.45, 2.75) is 65.6 Å². The molecule has 1 aromatic rings. The number of hydrogen-bond acceptors (Lipinski definition) is 2. The summed E-state index contributed by atoms with van der Waals surface area (Å²) in [4.78, 5) is 11.9. The van der Waals surface area contributed by atoms with Crippen LogP contribution in [0, 0.1) is 0 Å². The average molecular weight is 309 g/mol. The highest BCUT2D eigenvalue weighted by Gasteiger charge is 2.20. The number of rotatable bonds is 8. The number of thiophene rings is 1. The van der Waals surface area contributed by atoms with Crippen molar-refractivity contribution < 1.29 is 4.79 Å². The SMILES string of the molecule is CCCCCCC=C(C(C)=O)c1csc([Si](C)(C)C)c1. The molecular formula is C17H28OSSi. The molecule has 0 aliphatic carbocycles. The van der Waals surface area contributed by atoms with Crippen molar-refractivity contribution in [1.82, 2.24) is 0 Å². The van der Waals surface area contributed by atoms with Gasteiger partial charge in [-0.1, -0.05) is 51.9 Å². The van der Waals surface area contributed by atoms with Gasteiger partial charge in [0, 0.05) is 5.57 Å². The highest BCUT2D eigenvalue weighted by Crippen LogP contribution is 2.21. The molecule has 20 heavy (non-hydrogen) atoms. The third kappa shape index (κ3) is 5.37. The molecule has 0 aliphatic rings. The van der Waals surface area contributed by atoms with Gasteiger partial charge in [0.15, 0.2) is 5.78 Å². The summed E-state index contributed by atoms with van der Waals surface area (Å²) in [6.45, 7) is 11.0. The van der Waals surface area contributed by atoms with Gasteiger partial charge in [-0.3, -0.25) is 4.79 Å². The first-order valence-corrected chi connectivity index (χ1v) is 12.0. The van der Waals surface area contributed by atoms with E-state index in [0.717, 1.165) is 17.6 Å². The second-order valence-electron chi connectivity index (χ2n) is 6.47. The molecule has 0 bridgehead atoms. The van der Waals surface area contributed by atoms with Gasteiger partial charge in [0.1, 0.15) is 0 Å². The van der Waals surface area contributed by atoms with Crippen molar-refractivity contribution in [2.24, 2.45) is 0 Å². The monoisotopic (exact) mass is 308 g/mol. The minimum absolute atomic E-state index is 0.195. The zero-order valence-electron chi connectivity index (χ0n) is 13.6. The molecule has 0 fully saturated rings. The molecule has 0 atom stereocenters. The predicted molar refractivity (Wildman–Crippen MR) is 94.7 cm³/mol. The Bertz CT molecular complexity index is 466. The van der Waals surface area contributed by atoms with Gasteiger partial charge in [-0.05, 0) is 41.3 Å². The maximum atomic E-state index is 11.9. The summed E-state index contributed by atoms with van der Waals surface area (Å²) < 4.78 is 1.48. The Balaban J connectivity index is 2.78. The van der Waals surface area contributed by atoms with E-state index in [1.807, 2.05) is 11.3 Å². The van der Waals surface area contributed by atoms with Gasteiger partial charge in [-0.25, -0.2) is 0 Å². The van der Waals surface area contributed by atoms with E-state index in [-0.39, 0.29) is 5.78 Å². The van der Waals surface area contributed by atoms with Crippen LogP contribution in [0.2, 0.25) is 19.6 Å². The van der Waals surface area contributed by atoms with Crippen LogP contribution in [0.1, 0.15) is 51.5 Å². The smallest absolute Gasteiger partial charge is 0.160 e. The summed E-state index contributed by atoms with van der Waals surface area (Å²) in [5.74, 6) is 0.195. The van der Waals surface area contributed by atoms with Gasteiger partial charge in [0.2, 0.25) is 0 Å². The third-order valence-electron chi connectivity index (χ3n) is 3.44. The van der Waals surface area contributed by atoms with Gasteiger partial charge in [-0.2, -0.15) is 11.3 Å². The molecule has 0 radical (unpaired) electrons. The van der Waals surface area contributed by atoms with Crippen molar-refractivity contribution >= 4 is 35.3 Å². The van der Waals surface area contributed by atoms with Crippen LogP contribution in [0.5, 0.6) is 0 Å². The average Bonchev–Trinajstić information content (AvgIpc) is 2.82. The van der Waals surface area contributed by atoms with E-state index in [4.69, 9.17) is 0 Å². The van der Waals surface area contributed by atoms with Gasteiger partial charge >= 0.3 is 0 Å². The maximum absolute atomic E-state index is 11.9. The number of Topliss-reactive ketones (excluding diaryl/α,β-unsaturated/α-hetero) is 1. The molecule has 0 aromatic carbocycles. The molecule has 0 amide bonds. The maximum Gasteiger partial charge on any atom is 0.160 e. The topological polar surface area (TPSA) is 17.1 Å². The summed E-state index contributed by atoms with van der Waals surface area (Å²) in [5, 5.41) is 2.16. The first-order chi connectivity index (χ1) is 9.36. The molecule has 0 saturated carbocycles. The van der Waals surface area contributed by atoms with E-state index in [0.29, 0.717) is 0 Å². The van der Waals surface area contributed by atoms with Crippen LogP contribution in [0.4, 0.5) is 0 Å². The van der Waals surface area contributed by atoms with Crippen molar-refractivity contribution in [1.29, 1.82) is 0 Å². The molecule has 0 N–H and O–H groups in total. The van der Waals surface area contributed by atoms with Gasteiger partial charge in [-0.15, -0.1) is 0 Å². The molecule has 0 unspecified atom stereocenters. The molecule has 1 aromatic heterocycles. The van der Waals surface area contributed by atoms with Crippen molar-refractivity contribution in [2.75, 3.05) is 0 Å². The third-order valence-corrected chi connectivity index (χ3v) is 7.99. The summed E-state index contributed by atoms with van der Waals surface area (Å²) >= 11 is 1.82. The molecule has 1 heterocycles. The lowest BCUT2D eigenvalue weighted by atomic mass is 10.0. The molecule has 3 heteroatoms. The Labute approximate surface area is 129 Å². The highest BCUT2D eigenvalue weighted by molar-refractivity contribution is 7.25. The minimum Gasteiger partial charge on any atom is -0.295 e. The molecular weight excluding hydrogens is 280 g/mol. The second-order valence-corrected chi connectivity index (χ2v) is 12.8. The standard InChI is InChI=1S/C17H28OSSi/c1-6-7-8-9-10-11-16(14(2)18)15-12-17(19-13-15)20(3,4)5/h11-13H,6-10H2,1-5H3. The summed E-state index contributed by atoms with van der Waals surface area (Å²) in [7, 11) is -1.26. The van der Waals surface area contributed by atoms with E-state index in [2.05, 4.69) is 44.1 Å². The largest absolute Gasteiger partial charge is 0.295 e. The molecule has 1 rings (SSSR count). The normalized spacial score (nSPS) is 12.8. The molecule has 0 spiro atoms. The van der Waals surface area contributed by atoms with Crippen molar-refractivity contribution in [3.8, 4) is 0 Å². The quantitative estimate of drug-likeness (QED) is 0.365. The lowest BCUT2D eigenvalue weighted by Gasteiger charge is -2.12. The number of unbranched alkanes of at least 4 members (excludes halogenated alkanes) is 4. The van der Waals surface area contributed by atoms with Gasteiger partial charge in [0.25, 0.3) is 0 Å². The van der Waals surface area contributed by atoms with E-state index in [9.17, 15) is 4.79 Å². The fourth-order valence-corrected chi connectivity index (χ4v) is 4.98. The lowest BCUT2D eigenvalue weighted by molar-refractivity contribution is -0.111. The van der Waals surface area contributed by atoms with E-state index < -0.39 is 8.07 Å². The van der Waals surface area contributed by atoms with Crippen LogP contribution < -0.4 is 4.50 Å². The fraction of sp³-hybridized carbons (Fsp3) is 0.588. The highest BCUT2D eigenvalue weighted by atomic mass is 32.1. The summed E-state index contributed by atoms with van der Waals surface area (Å²) in [6, 6.07) is 2.25. The Morgan fingerprint density at radius 3 is 2.45 bits per heavy atom. The van der Waals surface area contributed by atoms with E-state index >= 15 is 0 Å². The molecule has 0 saturated heterocycles. The Morgan fingerprint density at radius 2 is 1.95 bits per heavy atom. The minimum atomic E-state index is -1.26. The number of carbonyl (C=O) groups is 1. The predicted octanol–water partition coefficient (Wildman–Crippen LogP) is 5.24. The Kier molecular flexibility index (Phi) is 6.90. The van der Waals surface area contributed by atoms with E-state index in [1.165, 1.54) is 30.2 Å². The Morgan fingerprint density at radius 1 is 1.25 bits per heavy atom. The zero-order chi connectivity index (χ0) is 15.2. The lowest BCUT2D eigenvalue weighted by Crippen LogP contribution is -2.34. The van der Waals surface area contributed by atoms with Crippen molar-refractivity contribution in [3.05, 3.63) is 23.1 Å². The second kappa shape index (κ2) is 7.94. The molecule has 112 valence electrons. The van der Waals surface area contributed by atoms with Crippen LogP contribution in [-0.2, 0) is 4.79 Å². The Hall–Kier alpha value is -0.673. The van der Waals surface area contributed by atoms with Crippen LogP contribution in [-0.4, -0.2) is 13.9 Å². The number of ketones is 1. The van der Waals surface area contributed by atoms with Crippen LogP contribution >= 0.6 is 11.3 Å². The van der Waals surface area contributed by atoms with Gasteiger partial charge < -0.3 is 0 Å². The van der Waals surface area contributed by atoms with E-state index in [1.54, 1.807) is 6.92 Å². The number of allylic oxidation sites excluding steroid dienone is 2. The fourth-order valence-electron chi connectivity index (χ4n) is 2.15. The number of carbonyl (C=O) groups excluding carboxylic acids is 1. The zero-order valence-corrected chi connectivity index (χ0v) is 15.4. The number of hydrogen-bond donors (Lipinski definition) is 0. The first-order valence-electron chi connectivity index (χ1n) is 7.66. The van der Waals surface area contributed by atoms with Crippen LogP contribution in [0.25, 0.3) is 5.57 Å². The van der Waals surface area contributed by atoms with Crippen LogP contribution in [0.15, 0.2) is 17.5 Å².